The Bertz CT molecular complexity index is 473. The smallest absolute Gasteiger partial charge is 0.138 e. The van der Waals surface area contributed by atoms with Crippen molar-refractivity contribution in [3.63, 3.8) is 0 Å². The second kappa shape index (κ2) is 4.94. The van der Waals surface area contributed by atoms with Gasteiger partial charge in [0.1, 0.15) is 11.6 Å². The van der Waals surface area contributed by atoms with Crippen LogP contribution in [-0.4, -0.2) is 9.97 Å². The molecule has 0 bridgehead atoms. The molecule has 82 valence electrons. The Kier molecular flexibility index (Phi) is 3.36. The van der Waals surface area contributed by atoms with Crippen molar-refractivity contribution in [3.8, 4) is 0 Å². The van der Waals surface area contributed by atoms with Crippen molar-refractivity contribution in [2.45, 2.75) is 10.6 Å². The molecule has 0 aliphatic carbocycles. The second-order valence-corrected chi connectivity index (χ2v) is 4.17. The van der Waals surface area contributed by atoms with Crippen molar-refractivity contribution >= 4 is 17.4 Å². The molecular formula is C11H10FN3S. The van der Waals surface area contributed by atoms with Crippen molar-refractivity contribution in [2.24, 2.45) is 0 Å². The second-order valence-electron chi connectivity index (χ2n) is 3.15. The summed E-state index contributed by atoms with van der Waals surface area (Å²) in [7, 11) is 0. The van der Waals surface area contributed by atoms with E-state index < -0.39 is 0 Å². The number of hydrogen-bond acceptors (Lipinski definition) is 4. The van der Waals surface area contributed by atoms with Gasteiger partial charge in [0.05, 0.1) is 23.8 Å². The van der Waals surface area contributed by atoms with Gasteiger partial charge in [-0.05, 0) is 12.1 Å². The largest absolute Gasteiger partial charge is 0.396 e. The van der Waals surface area contributed by atoms with Gasteiger partial charge in [0, 0.05) is 4.90 Å². The number of nitrogens with two attached hydrogens (primary N) is 1. The van der Waals surface area contributed by atoms with Gasteiger partial charge in [0.2, 0.25) is 0 Å². The Labute approximate surface area is 96.9 Å². The monoisotopic (exact) mass is 235 g/mol. The van der Waals surface area contributed by atoms with Crippen LogP contribution in [0, 0.1) is 5.82 Å². The number of hydrogen-bond donors (Lipinski definition) is 1. The standard InChI is InChI=1S/C11H10FN3S/c12-9-3-1-2-4-10(9)16-7-11-14-5-8(13)6-15-11/h1-6H,7,13H2. The summed E-state index contributed by atoms with van der Waals surface area (Å²) < 4.78 is 13.3. The molecule has 0 saturated heterocycles. The number of thioether (sulfide) groups is 1. The zero-order valence-electron chi connectivity index (χ0n) is 8.43. The molecule has 0 amide bonds. The average molecular weight is 235 g/mol. The lowest BCUT2D eigenvalue weighted by Gasteiger charge is -2.02. The molecule has 5 heteroatoms. The van der Waals surface area contributed by atoms with Crippen LogP contribution >= 0.6 is 11.8 Å². The third-order valence-corrected chi connectivity index (χ3v) is 2.96. The lowest BCUT2D eigenvalue weighted by molar-refractivity contribution is 0.602. The van der Waals surface area contributed by atoms with Gasteiger partial charge in [-0.15, -0.1) is 11.8 Å². The molecule has 0 aliphatic rings. The number of rotatable bonds is 3. The van der Waals surface area contributed by atoms with Gasteiger partial charge < -0.3 is 5.73 Å². The normalized spacial score (nSPS) is 10.3. The molecule has 0 spiro atoms. The fourth-order valence-corrected chi connectivity index (χ4v) is 1.96. The molecule has 16 heavy (non-hydrogen) atoms. The van der Waals surface area contributed by atoms with E-state index in [1.165, 1.54) is 17.8 Å². The summed E-state index contributed by atoms with van der Waals surface area (Å²) >= 11 is 1.37. The summed E-state index contributed by atoms with van der Waals surface area (Å²) in [5, 5.41) is 0. The summed E-state index contributed by atoms with van der Waals surface area (Å²) in [6, 6.07) is 6.64. The highest BCUT2D eigenvalue weighted by Crippen LogP contribution is 2.23. The molecule has 3 nitrogen and oxygen atoms in total. The highest BCUT2D eigenvalue weighted by atomic mass is 32.2. The Balaban J connectivity index is 2.02. The van der Waals surface area contributed by atoms with E-state index in [0.29, 0.717) is 22.2 Å². The first kappa shape index (κ1) is 10.9. The highest BCUT2D eigenvalue weighted by Gasteiger charge is 2.03. The van der Waals surface area contributed by atoms with Gasteiger partial charge in [0.25, 0.3) is 0 Å². The summed E-state index contributed by atoms with van der Waals surface area (Å²) in [6.45, 7) is 0. The minimum absolute atomic E-state index is 0.219. The molecular weight excluding hydrogens is 225 g/mol. The number of benzene rings is 1. The summed E-state index contributed by atoms with van der Waals surface area (Å²) in [6.07, 6.45) is 3.09. The summed E-state index contributed by atoms with van der Waals surface area (Å²) in [4.78, 5) is 8.69. The van der Waals surface area contributed by atoms with Crippen LogP contribution in [0.4, 0.5) is 10.1 Å². The average Bonchev–Trinajstić information content (AvgIpc) is 2.30. The molecule has 1 aromatic heterocycles. The number of aromatic nitrogens is 2. The lowest BCUT2D eigenvalue weighted by Crippen LogP contribution is -1.95. The minimum Gasteiger partial charge on any atom is -0.396 e. The van der Waals surface area contributed by atoms with Crippen LogP contribution in [0.2, 0.25) is 0 Å². The summed E-state index contributed by atoms with van der Waals surface area (Å²) in [5.74, 6) is 0.951. The van der Waals surface area contributed by atoms with E-state index in [-0.39, 0.29) is 5.82 Å². The van der Waals surface area contributed by atoms with Gasteiger partial charge in [-0.2, -0.15) is 0 Å². The van der Waals surface area contributed by atoms with Gasteiger partial charge in [-0.25, -0.2) is 14.4 Å². The molecule has 2 N–H and O–H groups in total. The maximum atomic E-state index is 13.3. The molecule has 0 unspecified atom stereocenters. The van der Waals surface area contributed by atoms with Crippen molar-refractivity contribution < 1.29 is 4.39 Å². The predicted molar refractivity (Wildman–Crippen MR) is 62.4 cm³/mol. The maximum Gasteiger partial charge on any atom is 0.138 e. The molecule has 1 heterocycles. The van der Waals surface area contributed by atoms with E-state index in [2.05, 4.69) is 9.97 Å². The highest BCUT2D eigenvalue weighted by molar-refractivity contribution is 7.98. The summed E-state index contributed by atoms with van der Waals surface area (Å²) in [5.41, 5.74) is 5.99. The Morgan fingerprint density at radius 2 is 1.88 bits per heavy atom. The quantitative estimate of drug-likeness (QED) is 0.830. The van der Waals surface area contributed by atoms with Crippen LogP contribution in [0.3, 0.4) is 0 Å². The first-order chi connectivity index (χ1) is 7.75. The predicted octanol–water partition coefficient (Wildman–Crippen LogP) is 2.49. The molecule has 0 fully saturated rings. The Morgan fingerprint density at radius 1 is 1.19 bits per heavy atom. The minimum atomic E-state index is -0.219. The van der Waals surface area contributed by atoms with Gasteiger partial charge in [0.15, 0.2) is 0 Å². The van der Waals surface area contributed by atoms with E-state index in [0.717, 1.165) is 0 Å². The zero-order chi connectivity index (χ0) is 11.4. The van der Waals surface area contributed by atoms with Crippen LogP contribution in [-0.2, 0) is 5.75 Å². The van der Waals surface area contributed by atoms with Crippen LogP contribution in [0.1, 0.15) is 5.82 Å². The maximum absolute atomic E-state index is 13.3. The topological polar surface area (TPSA) is 51.8 Å². The molecule has 0 radical (unpaired) electrons. The third kappa shape index (κ3) is 2.70. The number of nitrogen functional groups attached to an aromatic ring is 1. The molecule has 0 atom stereocenters. The molecule has 2 rings (SSSR count). The third-order valence-electron chi connectivity index (χ3n) is 1.92. The number of nitrogens with zero attached hydrogens (tertiary/aromatic N) is 2. The fraction of sp³-hybridized carbons (Fsp3) is 0.0909. The first-order valence-corrected chi connectivity index (χ1v) is 5.68. The molecule has 1 aromatic carbocycles. The fourth-order valence-electron chi connectivity index (χ4n) is 1.14. The SMILES string of the molecule is Nc1cnc(CSc2ccccc2F)nc1. The van der Waals surface area contributed by atoms with Crippen LogP contribution in [0.25, 0.3) is 0 Å². The van der Waals surface area contributed by atoms with E-state index in [1.54, 1.807) is 30.6 Å². The van der Waals surface area contributed by atoms with Crippen molar-refractivity contribution in [2.75, 3.05) is 5.73 Å². The Hall–Kier alpha value is -1.62. The van der Waals surface area contributed by atoms with E-state index in [4.69, 9.17) is 5.73 Å². The molecule has 2 aromatic rings. The molecule has 0 aliphatic heterocycles. The first-order valence-electron chi connectivity index (χ1n) is 4.69. The Morgan fingerprint density at radius 3 is 2.56 bits per heavy atom. The van der Waals surface area contributed by atoms with Crippen molar-refractivity contribution in [1.82, 2.24) is 9.97 Å². The van der Waals surface area contributed by atoms with Crippen LogP contribution in [0.5, 0.6) is 0 Å². The zero-order valence-corrected chi connectivity index (χ0v) is 9.25. The van der Waals surface area contributed by atoms with Crippen LogP contribution in [0.15, 0.2) is 41.6 Å². The van der Waals surface area contributed by atoms with Crippen LogP contribution < -0.4 is 5.73 Å². The van der Waals surface area contributed by atoms with Crippen molar-refractivity contribution in [3.05, 3.63) is 48.3 Å². The van der Waals surface area contributed by atoms with Gasteiger partial charge in [-0.3, -0.25) is 0 Å². The van der Waals surface area contributed by atoms with E-state index >= 15 is 0 Å². The van der Waals surface area contributed by atoms with E-state index in [9.17, 15) is 4.39 Å². The number of halogens is 1. The molecule has 0 saturated carbocycles. The van der Waals surface area contributed by atoms with Gasteiger partial charge in [-0.1, -0.05) is 12.1 Å². The van der Waals surface area contributed by atoms with E-state index in [1.807, 2.05) is 0 Å². The van der Waals surface area contributed by atoms with Gasteiger partial charge >= 0.3 is 0 Å². The number of anilines is 1. The van der Waals surface area contributed by atoms with Crippen molar-refractivity contribution in [1.29, 1.82) is 0 Å². The lowest BCUT2D eigenvalue weighted by atomic mass is 10.3.